The zero-order valence-electron chi connectivity index (χ0n) is 14.6. The molecule has 0 unspecified atom stereocenters. The molecule has 0 fully saturated rings. The van der Waals surface area contributed by atoms with Crippen LogP contribution in [0, 0.1) is 6.92 Å². The van der Waals surface area contributed by atoms with Gasteiger partial charge in [-0.05, 0) is 38.0 Å². The van der Waals surface area contributed by atoms with Crippen LogP contribution in [0.2, 0.25) is 0 Å². The van der Waals surface area contributed by atoms with E-state index in [1.807, 2.05) is 38.1 Å². The molecule has 0 aliphatic carbocycles. The van der Waals surface area contributed by atoms with Crippen molar-refractivity contribution in [2.24, 2.45) is 0 Å². The smallest absolute Gasteiger partial charge is 0.341 e. The van der Waals surface area contributed by atoms with Crippen LogP contribution in [0.25, 0.3) is 11.1 Å². The number of esters is 1. The van der Waals surface area contributed by atoms with Gasteiger partial charge in [-0.15, -0.1) is 11.3 Å². The zero-order valence-corrected chi connectivity index (χ0v) is 17.1. The minimum atomic E-state index is -0.407. The number of hydrogen-bond acceptors (Lipinski definition) is 4. The second-order valence-corrected chi connectivity index (χ2v) is 7.76. The van der Waals surface area contributed by atoms with Crippen molar-refractivity contribution < 1.29 is 14.3 Å². The summed E-state index contributed by atoms with van der Waals surface area (Å²) in [4.78, 5) is 25.7. The molecule has 2 rings (SSSR count). The van der Waals surface area contributed by atoms with Crippen LogP contribution in [0.4, 0.5) is 5.00 Å². The van der Waals surface area contributed by atoms with Gasteiger partial charge in [0, 0.05) is 21.3 Å². The number of aryl methyl sites for hydroxylation is 1. The fourth-order valence-corrected chi connectivity index (χ4v) is 3.87. The Kier molecular flexibility index (Phi) is 7.20. The predicted molar refractivity (Wildman–Crippen MR) is 106 cm³/mol. The van der Waals surface area contributed by atoms with Gasteiger partial charge in [0.2, 0.25) is 5.91 Å². The molecule has 1 N–H and O–H groups in total. The van der Waals surface area contributed by atoms with Gasteiger partial charge in [0.25, 0.3) is 0 Å². The normalized spacial score (nSPS) is 10.6. The molecular formula is C19H22BrNO3S. The van der Waals surface area contributed by atoms with Crippen molar-refractivity contribution in [2.75, 3.05) is 11.9 Å². The summed E-state index contributed by atoms with van der Waals surface area (Å²) in [5, 5.41) is 3.46. The summed E-state index contributed by atoms with van der Waals surface area (Å²) >= 11 is 4.84. The van der Waals surface area contributed by atoms with Crippen LogP contribution in [0.3, 0.4) is 0 Å². The Hall–Kier alpha value is -1.66. The number of benzene rings is 1. The minimum Gasteiger partial charge on any atom is -0.462 e. The number of hydrogen-bond donors (Lipinski definition) is 1. The van der Waals surface area contributed by atoms with E-state index in [4.69, 9.17) is 4.74 Å². The lowest BCUT2D eigenvalue weighted by Crippen LogP contribution is -2.14. The number of thiophene rings is 1. The first-order valence-corrected chi connectivity index (χ1v) is 9.95. The van der Waals surface area contributed by atoms with E-state index >= 15 is 0 Å². The lowest BCUT2D eigenvalue weighted by atomic mass is 10.0. The number of amides is 1. The summed E-state index contributed by atoms with van der Waals surface area (Å²) in [6, 6.07) is 7.76. The molecule has 0 saturated carbocycles. The van der Waals surface area contributed by atoms with Crippen molar-refractivity contribution in [3.05, 3.63) is 39.2 Å². The summed E-state index contributed by atoms with van der Waals surface area (Å²) in [5.41, 5.74) is 2.19. The monoisotopic (exact) mass is 423 g/mol. The van der Waals surface area contributed by atoms with Crippen molar-refractivity contribution in [3.8, 4) is 11.1 Å². The van der Waals surface area contributed by atoms with E-state index < -0.39 is 5.97 Å². The maximum Gasteiger partial charge on any atom is 0.341 e. The number of ether oxygens (including phenoxy) is 1. The Morgan fingerprint density at radius 2 is 1.88 bits per heavy atom. The lowest BCUT2D eigenvalue weighted by molar-refractivity contribution is -0.116. The highest BCUT2D eigenvalue weighted by Gasteiger charge is 2.25. The molecule has 0 radical (unpaired) electrons. The summed E-state index contributed by atoms with van der Waals surface area (Å²) < 4.78 is 6.21. The fourth-order valence-electron chi connectivity index (χ4n) is 2.52. The number of carbonyl (C=O) groups excluding carboxylic acids is 2. The van der Waals surface area contributed by atoms with Gasteiger partial charge in [0.05, 0.1) is 6.61 Å². The SMILES string of the molecule is CCCCC(=O)Nc1sc(C)c(-c2ccc(Br)cc2)c1C(=O)OCC. The standard InChI is InChI=1S/C19H22BrNO3S/c1-4-6-7-15(22)21-18-17(19(23)24-5-2)16(12(3)25-18)13-8-10-14(20)11-9-13/h8-11H,4-7H2,1-3H3,(H,21,22). The molecule has 4 nitrogen and oxygen atoms in total. The third-order valence-electron chi connectivity index (χ3n) is 3.71. The summed E-state index contributed by atoms with van der Waals surface area (Å²) in [5.74, 6) is -0.480. The highest BCUT2D eigenvalue weighted by atomic mass is 79.9. The topological polar surface area (TPSA) is 55.4 Å². The Labute approximate surface area is 160 Å². The molecule has 0 saturated heterocycles. The van der Waals surface area contributed by atoms with Crippen LogP contribution in [0.1, 0.15) is 48.3 Å². The first-order valence-electron chi connectivity index (χ1n) is 8.34. The summed E-state index contributed by atoms with van der Waals surface area (Å²) in [7, 11) is 0. The number of anilines is 1. The Balaban J connectivity index is 2.46. The van der Waals surface area contributed by atoms with Gasteiger partial charge < -0.3 is 10.1 Å². The predicted octanol–water partition coefficient (Wildman–Crippen LogP) is 5.79. The molecule has 0 bridgehead atoms. The molecule has 134 valence electrons. The molecule has 25 heavy (non-hydrogen) atoms. The maximum absolute atomic E-state index is 12.6. The molecule has 1 aromatic carbocycles. The highest BCUT2D eigenvalue weighted by Crippen LogP contribution is 2.40. The third kappa shape index (κ3) is 4.92. The second kappa shape index (κ2) is 9.15. The van der Waals surface area contributed by atoms with E-state index in [1.54, 1.807) is 6.92 Å². The van der Waals surface area contributed by atoms with Crippen molar-refractivity contribution in [2.45, 2.75) is 40.0 Å². The lowest BCUT2D eigenvalue weighted by Gasteiger charge is -2.09. The van der Waals surface area contributed by atoms with Gasteiger partial charge >= 0.3 is 5.97 Å². The van der Waals surface area contributed by atoms with Crippen LogP contribution >= 0.6 is 27.3 Å². The van der Waals surface area contributed by atoms with Gasteiger partial charge in [-0.25, -0.2) is 4.79 Å². The van der Waals surface area contributed by atoms with Gasteiger partial charge in [-0.3, -0.25) is 4.79 Å². The number of halogens is 1. The van der Waals surface area contributed by atoms with Gasteiger partial charge in [-0.2, -0.15) is 0 Å². The van der Waals surface area contributed by atoms with E-state index in [1.165, 1.54) is 11.3 Å². The first-order chi connectivity index (χ1) is 12.0. The molecule has 0 spiro atoms. The minimum absolute atomic E-state index is 0.0731. The molecule has 1 heterocycles. The fraction of sp³-hybridized carbons (Fsp3) is 0.368. The maximum atomic E-state index is 12.6. The zero-order chi connectivity index (χ0) is 18.4. The van der Waals surface area contributed by atoms with Gasteiger partial charge in [0.15, 0.2) is 0 Å². The average molecular weight is 424 g/mol. The van der Waals surface area contributed by atoms with Crippen LogP contribution in [-0.2, 0) is 9.53 Å². The van der Waals surface area contributed by atoms with E-state index in [0.29, 0.717) is 17.0 Å². The van der Waals surface area contributed by atoms with Crippen molar-refractivity contribution in [1.82, 2.24) is 0 Å². The average Bonchev–Trinajstić information content (AvgIpc) is 2.90. The second-order valence-electron chi connectivity index (χ2n) is 5.62. The molecule has 2 aromatic rings. The number of unbranched alkanes of at least 4 members (excludes halogenated alkanes) is 1. The molecule has 0 aliphatic heterocycles. The number of carbonyl (C=O) groups is 2. The number of nitrogens with one attached hydrogen (secondary N) is 1. The van der Waals surface area contributed by atoms with Crippen molar-refractivity contribution in [1.29, 1.82) is 0 Å². The molecule has 0 aliphatic rings. The number of rotatable bonds is 7. The van der Waals surface area contributed by atoms with Crippen LogP contribution in [-0.4, -0.2) is 18.5 Å². The van der Waals surface area contributed by atoms with Gasteiger partial charge in [-0.1, -0.05) is 41.4 Å². The highest BCUT2D eigenvalue weighted by molar-refractivity contribution is 9.10. The third-order valence-corrected chi connectivity index (χ3v) is 5.26. The van der Waals surface area contributed by atoms with Crippen molar-refractivity contribution in [3.63, 3.8) is 0 Å². The van der Waals surface area contributed by atoms with Crippen LogP contribution < -0.4 is 5.32 Å². The van der Waals surface area contributed by atoms with Crippen molar-refractivity contribution >= 4 is 44.1 Å². The van der Waals surface area contributed by atoms with Gasteiger partial charge in [0.1, 0.15) is 10.6 Å². The summed E-state index contributed by atoms with van der Waals surface area (Å²) in [6.45, 7) is 6.05. The Morgan fingerprint density at radius 3 is 2.48 bits per heavy atom. The quantitative estimate of drug-likeness (QED) is 0.573. The molecule has 6 heteroatoms. The first kappa shape index (κ1) is 19.7. The molecule has 0 atom stereocenters. The van der Waals surface area contributed by atoms with Crippen LogP contribution in [0.15, 0.2) is 28.7 Å². The van der Waals surface area contributed by atoms with E-state index in [-0.39, 0.29) is 12.5 Å². The Bertz CT molecular complexity index is 753. The van der Waals surface area contributed by atoms with E-state index in [0.717, 1.165) is 33.3 Å². The molecule has 1 aromatic heterocycles. The molecule has 1 amide bonds. The van der Waals surface area contributed by atoms with E-state index in [9.17, 15) is 9.59 Å². The molecular weight excluding hydrogens is 402 g/mol. The van der Waals surface area contributed by atoms with E-state index in [2.05, 4.69) is 21.2 Å². The van der Waals surface area contributed by atoms with Crippen LogP contribution in [0.5, 0.6) is 0 Å². The Morgan fingerprint density at radius 1 is 1.20 bits per heavy atom. The largest absolute Gasteiger partial charge is 0.462 e. The summed E-state index contributed by atoms with van der Waals surface area (Å²) in [6.07, 6.45) is 2.22.